The van der Waals surface area contributed by atoms with E-state index in [0.717, 1.165) is 19.3 Å². The minimum Gasteiger partial charge on any atom is -0.726 e. The Morgan fingerprint density at radius 2 is 1.23 bits per heavy atom. The van der Waals surface area contributed by atoms with Crippen molar-refractivity contribution in [2.75, 3.05) is 0 Å². The van der Waals surface area contributed by atoms with Crippen molar-refractivity contribution in [1.82, 2.24) is 0 Å². The van der Waals surface area contributed by atoms with Crippen molar-refractivity contribution in [3.8, 4) is 0 Å². The number of aliphatic carboxylic acids is 2. The smallest absolute Gasteiger partial charge is 0.726 e. The number of rotatable bonds is 14. The summed E-state index contributed by atoms with van der Waals surface area (Å²) in [4.78, 5) is 21.4. The van der Waals surface area contributed by atoms with Gasteiger partial charge in [-0.05, 0) is 6.42 Å². The zero-order valence-electron chi connectivity index (χ0n) is 15.9. The summed E-state index contributed by atoms with van der Waals surface area (Å²) in [6.07, 6.45) is 12.2. The van der Waals surface area contributed by atoms with Crippen molar-refractivity contribution in [2.24, 2.45) is 5.92 Å². The van der Waals surface area contributed by atoms with Crippen LogP contribution >= 0.6 is 0 Å². The van der Waals surface area contributed by atoms with Crippen LogP contribution in [-0.4, -0.2) is 39.7 Å². The first-order valence-corrected chi connectivity index (χ1v) is 10.1. The van der Waals surface area contributed by atoms with Gasteiger partial charge in [-0.2, -0.15) is 0 Å². The maximum Gasteiger partial charge on any atom is 1.00 e. The number of hydrogen-bond acceptors (Lipinski definition) is 5. The molecule has 150 valence electrons. The van der Waals surface area contributed by atoms with Crippen LogP contribution in [0.15, 0.2) is 0 Å². The Morgan fingerprint density at radius 1 is 0.885 bits per heavy atom. The molecule has 0 aliphatic carbocycles. The van der Waals surface area contributed by atoms with Crippen molar-refractivity contribution < 1.29 is 66.9 Å². The maximum absolute atomic E-state index is 10.9. The molecule has 0 radical (unpaired) electrons. The van der Waals surface area contributed by atoms with Gasteiger partial charge in [0.2, 0.25) is 10.4 Å². The van der Waals surface area contributed by atoms with Crippen LogP contribution in [0.4, 0.5) is 0 Å². The fourth-order valence-electron chi connectivity index (χ4n) is 2.40. The predicted octanol–water partition coefficient (Wildman–Crippen LogP) is 0.482. The van der Waals surface area contributed by atoms with E-state index in [0.29, 0.717) is 6.42 Å². The van der Waals surface area contributed by atoms with E-state index in [9.17, 15) is 9.59 Å². The largest absolute Gasteiger partial charge is 1.00 e. The second-order valence-corrected chi connectivity index (χ2v) is 6.89. The summed E-state index contributed by atoms with van der Waals surface area (Å²) in [5, 5.41) is 17.5. The van der Waals surface area contributed by atoms with Gasteiger partial charge < -0.3 is 14.8 Å². The first kappa shape index (κ1) is 30.5. The average Bonchev–Trinajstić information content (AvgIpc) is 2.45. The van der Waals surface area contributed by atoms with E-state index < -0.39 is 28.3 Å². The molecule has 0 saturated carbocycles. The molecule has 1 atom stereocenters. The van der Waals surface area contributed by atoms with Gasteiger partial charge in [0.25, 0.3) is 0 Å². The van der Waals surface area contributed by atoms with Gasteiger partial charge >= 0.3 is 41.5 Å². The molecule has 3 N–H and O–H groups in total. The number of carbonyl (C=O) groups is 2. The van der Waals surface area contributed by atoms with Crippen LogP contribution in [0.3, 0.4) is 0 Å². The molecule has 0 amide bonds. The summed E-state index contributed by atoms with van der Waals surface area (Å²) in [7, 11) is -4.92. The quantitative estimate of drug-likeness (QED) is 0.163. The number of hydrogen-bond donors (Lipinski definition) is 3. The molecular formula is C16H31NaO8S. The molecule has 0 fully saturated rings. The van der Waals surface area contributed by atoms with Gasteiger partial charge in [0.15, 0.2) is 0 Å². The summed E-state index contributed by atoms with van der Waals surface area (Å²) in [5.74, 6) is -2.73. The zero-order chi connectivity index (χ0) is 19.7. The van der Waals surface area contributed by atoms with Crippen molar-refractivity contribution in [2.45, 2.75) is 84.0 Å². The summed E-state index contributed by atoms with van der Waals surface area (Å²) < 4.78 is 32.8. The molecule has 10 heteroatoms. The molecule has 0 aromatic carbocycles. The van der Waals surface area contributed by atoms with Gasteiger partial charge in [-0.3, -0.25) is 14.1 Å². The van der Waals surface area contributed by atoms with E-state index in [-0.39, 0.29) is 36.0 Å². The van der Waals surface area contributed by atoms with Crippen LogP contribution in [0.1, 0.15) is 84.0 Å². The van der Waals surface area contributed by atoms with Gasteiger partial charge in [0.05, 0.1) is 12.3 Å². The fourth-order valence-corrected chi connectivity index (χ4v) is 2.40. The fraction of sp³-hybridized carbons (Fsp3) is 0.875. The molecule has 0 aliphatic rings. The molecule has 0 saturated heterocycles. The first-order valence-electron chi connectivity index (χ1n) is 8.70. The van der Waals surface area contributed by atoms with Crippen molar-refractivity contribution in [3.63, 3.8) is 0 Å². The van der Waals surface area contributed by atoms with Crippen LogP contribution in [-0.2, 0) is 20.0 Å². The molecule has 1 unspecified atom stereocenters. The summed E-state index contributed by atoms with van der Waals surface area (Å²) >= 11 is 0. The Labute approximate surface area is 178 Å². The Bertz CT molecular complexity index is 445. The molecule has 8 nitrogen and oxygen atoms in total. The van der Waals surface area contributed by atoms with Crippen molar-refractivity contribution in [1.29, 1.82) is 0 Å². The minimum atomic E-state index is -4.92. The van der Waals surface area contributed by atoms with Crippen LogP contribution in [0.2, 0.25) is 0 Å². The Kier molecular flexibility index (Phi) is 23.0. The van der Waals surface area contributed by atoms with E-state index in [1.807, 2.05) is 0 Å². The maximum atomic E-state index is 10.9. The summed E-state index contributed by atoms with van der Waals surface area (Å²) in [5.41, 5.74) is 0. The van der Waals surface area contributed by atoms with Gasteiger partial charge in [-0.15, -0.1) is 0 Å². The third-order valence-electron chi connectivity index (χ3n) is 3.68. The second kappa shape index (κ2) is 19.6. The van der Waals surface area contributed by atoms with Gasteiger partial charge in [0.1, 0.15) is 0 Å². The van der Waals surface area contributed by atoms with Crippen LogP contribution in [0, 0.1) is 5.92 Å². The van der Waals surface area contributed by atoms with Crippen LogP contribution in [0.5, 0.6) is 0 Å². The van der Waals surface area contributed by atoms with E-state index in [1.54, 1.807) is 0 Å². The number of carboxylic acids is 2. The Morgan fingerprint density at radius 3 is 1.54 bits per heavy atom. The zero-order valence-corrected chi connectivity index (χ0v) is 18.7. The molecule has 0 aromatic heterocycles. The molecule has 0 rings (SSSR count). The van der Waals surface area contributed by atoms with E-state index in [2.05, 4.69) is 6.92 Å². The average molecular weight is 406 g/mol. The third kappa shape index (κ3) is 31.6. The minimum absolute atomic E-state index is 0. The SMILES string of the molecule is CCCCCCCCCCCCC(CC(=O)O)C(=O)O.O=S(=O)([O-])O.[Na+]. The standard InChI is InChI=1S/C16H30O4.Na.H2O4S/c1-2-3-4-5-6-7-8-9-10-11-12-14(16(19)20)13-15(17)18;;1-5(2,3)4/h14H,2-13H2,1H3,(H,17,18)(H,19,20);;(H2,1,2,3,4)/q;+1;/p-1. The van der Waals surface area contributed by atoms with Gasteiger partial charge in [0, 0.05) is 0 Å². The molecule has 0 spiro atoms. The van der Waals surface area contributed by atoms with Gasteiger partial charge in [-0.1, -0.05) is 71.1 Å². The first-order chi connectivity index (χ1) is 11.6. The van der Waals surface area contributed by atoms with Crippen LogP contribution < -0.4 is 29.6 Å². The second-order valence-electron chi connectivity index (χ2n) is 6.03. The Balaban J connectivity index is -0.000000772. The molecule has 0 aliphatic heterocycles. The number of unbranched alkanes of at least 4 members (excludes halogenated alkanes) is 9. The molecule has 0 heterocycles. The Hall–Kier alpha value is -0.190. The summed E-state index contributed by atoms with van der Waals surface area (Å²) in [6, 6.07) is 0. The van der Waals surface area contributed by atoms with Crippen LogP contribution in [0.25, 0.3) is 0 Å². The molecule has 0 bridgehead atoms. The molecular weight excluding hydrogens is 375 g/mol. The molecule has 26 heavy (non-hydrogen) atoms. The summed E-state index contributed by atoms with van der Waals surface area (Å²) in [6.45, 7) is 2.22. The monoisotopic (exact) mass is 406 g/mol. The topological polar surface area (TPSA) is 152 Å². The predicted molar refractivity (Wildman–Crippen MR) is 92.2 cm³/mol. The van der Waals surface area contributed by atoms with Crippen molar-refractivity contribution in [3.05, 3.63) is 0 Å². The van der Waals surface area contributed by atoms with E-state index >= 15 is 0 Å². The third-order valence-corrected chi connectivity index (χ3v) is 3.68. The molecule has 0 aromatic rings. The van der Waals surface area contributed by atoms with E-state index in [4.69, 9.17) is 27.7 Å². The van der Waals surface area contributed by atoms with Crippen molar-refractivity contribution >= 4 is 22.3 Å². The van der Waals surface area contributed by atoms with E-state index in [1.165, 1.54) is 44.9 Å². The number of carboxylic acid groups (broad SMARTS) is 2. The normalized spacial score (nSPS) is 11.7. The van der Waals surface area contributed by atoms with Gasteiger partial charge in [-0.25, -0.2) is 8.42 Å².